The fourth-order valence-electron chi connectivity index (χ4n) is 3.68. The second-order valence-electron chi connectivity index (χ2n) is 6.52. The van der Waals surface area contributed by atoms with Gasteiger partial charge in [-0.3, -0.25) is 0 Å². The van der Waals surface area contributed by atoms with Crippen molar-refractivity contribution in [1.82, 2.24) is 20.1 Å². The summed E-state index contributed by atoms with van der Waals surface area (Å²) in [5.41, 5.74) is 2.61. The molecule has 0 amide bonds. The van der Waals surface area contributed by atoms with E-state index in [2.05, 4.69) is 51.8 Å². The number of aromatic nitrogens is 3. The van der Waals surface area contributed by atoms with Crippen LogP contribution in [-0.2, 0) is 13.1 Å². The number of hydrogen-bond donors (Lipinski definition) is 1. The van der Waals surface area contributed by atoms with Gasteiger partial charge in [-0.15, -0.1) is 0 Å². The van der Waals surface area contributed by atoms with Gasteiger partial charge in [-0.05, 0) is 42.2 Å². The van der Waals surface area contributed by atoms with Gasteiger partial charge in [0.25, 0.3) is 0 Å². The molecule has 0 radical (unpaired) electrons. The Balaban J connectivity index is 1.33. The standard InChI is InChI=1S/C18H22N4/c1-3-16(11-22-13-19-12-21-22)4-2-15(1)10-20-18-9-14-5-7-17(18)8-6-14/h1-5,7,12-14,17-18,20H,6,8-11H2/t14-,17+,18?/m0/s1. The van der Waals surface area contributed by atoms with E-state index in [1.807, 2.05) is 4.68 Å². The molecule has 0 spiro atoms. The summed E-state index contributed by atoms with van der Waals surface area (Å²) < 4.78 is 1.85. The minimum atomic E-state index is 0.665. The van der Waals surface area contributed by atoms with Crippen LogP contribution in [0.15, 0.2) is 49.1 Å². The second kappa shape index (κ2) is 6.05. The van der Waals surface area contributed by atoms with Crippen LogP contribution in [0.5, 0.6) is 0 Å². The molecule has 3 aliphatic carbocycles. The lowest BCUT2D eigenvalue weighted by molar-refractivity contribution is 0.244. The van der Waals surface area contributed by atoms with Crippen LogP contribution in [0.4, 0.5) is 0 Å². The van der Waals surface area contributed by atoms with E-state index in [4.69, 9.17) is 0 Å². The number of fused-ring (bicyclic) bond motifs is 2. The van der Waals surface area contributed by atoms with Gasteiger partial charge in [0.1, 0.15) is 12.7 Å². The molecule has 3 aliphatic rings. The largest absolute Gasteiger partial charge is 0.309 e. The van der Waals surface area contributed by atoms with E-state index in [0.29, 0.717) is 6.04 Å². The zero-order chi connectivity index (χ0) is 14.8. The third-order valence-corrected chi connectivity index (χ3v) is 4.98. The first kappa shape index (κ1) is 13.7. The molecule has 2 bridgehead atoms. The summed E-state index contributed by atoms with van der Waals surface area (Å²) in [6.07, 6.45) is 12.2. The topological polar surface area (TPSA) is 42.7 Å². The van der Waals surface area contributed by atoms with E-state index in [0.717, 1.165) is 24.9 Å². The molecule has 1 saturated carbocycles. The molecule has 5 rings (SSSR count). The van der Waals surface area contributed by atoms with E-state index in [-0.39, 0.29) is 0 Å². The maximum absolute atomic E-state index is 4.14. The van der Waals surface area contributed by atoms with Crippen molar-refractivity contribution in [3.63, 3.8) is 0 Å². The second-order valence-corrected chi connectivity index (χ2v) is 6.52. The Morgan fingerprint density at radius 2 is 1.95 bits per heavy atom. The molecule has 1 unspecified atom stereocenters. The van der Waals surface area contributed by atoms with Gasteiger partial charge in [-0.2, -0.15) is 5.10 Å². The first-order valence-corrected chi connectivity index (χ1v) is 8.19. The molecule has 22 heavy (non-hydrogen) atoms. The molecular formula is C18H22N4. The molecule has 3 atom stereocenters. The fourth-order valence-corrected chi connectivity index (χ4v) is 3.68. The van der Waals surface area contributed by atoms with Crippen molar-refractivity contribution in [2.75, 3.05) is 0 Å². The zero-order valence-corrected chi connectivity index (χ0v) is 12.7. The SMILES string of the molecule is C1=C[C@@H]2CC[C@H]1CC2NCc1ccc(Cn2cncn2)cc1. The minimum Gasteiger partial charge on any atom is -0.309 e. The summed E-state index contributed by atoms with van der Waals surface area (Å²) in [7, 11) is 0. The fraction of sp³-hybridized carbons (Fsp3) is 0.444. The lowest BCUT2D eigenvalue weighted by Gasteiger charge is -2.38. The van der Waals surface area contributed by atoms with Crippen LogP contribution >= 0.6 is 0 Å². The van der Waals surface area contributed by atoms with Gasteiger partial charge in [-0.25, -0.2) is 9.67 Å². The Kier molecular flexibility index (Phi) is 3.77. The van der Waals surface area contributed by atoms with Crippen molar-refractivity contribution >= 4 is 0 Å². The highest BCUT2D eigenvalue weighted by atomic mass is 15.3. The molecule has 4 heteroatoms. The number of nitrogens with zero attached hydrogens (tertiary/aromatic N) is 3. The zero-order valence-electron chi connectivity index (χ0n) is 12.7. The van der Waals surface area contributed by atoms with Crippen LogP contribution in [0.3, 0.4) is 0 Å². The number of rotatable bonds is 5. The summed E-state index contributed by atoms with van der Waals surface area (Å²) in [4.78, 5) is 3.97. The third-order valence-electron chi connectivity index (χ3n) is 4.98. The van der Waals surface area contributed by atoms with E-state index >= 15 is 0 Å². The van der Waals surface area contributed by atoms with Crippen molar-refractivity contribution in [2.45, 2.75) is 38.4 Å². The van der Waals surface area contributed by atoms with Crippen molar-refractivity contribution in [3.05, 3.63) is 60.2 Å². The first-order chi connectivity index (χ1) is 10.9. The minimum absolute atomic E-state index is 0.665. The quantitative estimate of drug-likeness (QED) is 0.862. The number of hydrogen-bond acceptors (Lipinski definition) is 3. The van der Waals surface area contributed by atoms with E-state index in [9.17, 15) is 0 Å². The number of benzene rings is 1. The lowest BCUT2D eigenvalue weighted by Crippen LogP contribution is -2.42. The highest BCUT2D eigenvalue weighted by Gasteiger charge is 2.31. The van der Waals surface area contributed by atoms with Crippen LogP contribution in [0.2, 0.25) is 0 Å². The molecule has 0 saturated heterocycles. The Morgan fingerprint density at radius 3 is 2.59 bits per heavy atom. The monoisotopic (exact) mass is 294 g/mol. The van der Waals surface area contributed by atoms with Gasteiger partial charge in [0.2, 0.25) is 0 Å². The summed E-state index contributed by atoms with van der Waals surface area (Å²) in [5.74, 6) is 1.56. The average Bonchev–Trinajstić information content (AvgIpc) is 3.08. The summed E-state index contributed by atoms with van der Waals surface area (Å²) in [6, 6.07) is 9.47. The maximum Gasteiger partial charge on any atom is 0.137 e. The van der Waals surface area contributed by atoms with Gasteiger partial charge >= 0.3 is 0 Å². The predicted molar refractivity (Wildman–Crippen MR) is 86.2 cm³/mol. The molecule has 1 N–H and O–H groups in total. The van der Waals surface area contributed by atoms with Crippen LogP contribution in [0, 0.1) is 11.8 Å². The highest BCUT2D eigenvalue weighted by molar-refractivity contribution is 5.23. The van der Waals surface area contributed by atoms with Gasteiger partial charge < -0.3 is 5.32 Å². The highest BCUT2D eigenvalue weighted by Crippen LogP contribution is 2.36. The molecule has 1 fully saturated rings. The lowest BCUT2D eigenvalue weighted by atomic mass is 9.73. The van der Waals surface area contributed by atoms with Gasteiger partial charge in [0, 0.05) is 12.6 Å². The molecule has 0 aliphatic heterocycles. The molecule has 1 heterocycles. The molecule has 2 aromatic rings. The number of nitrogens with one attached hydrogen (secondary N) is 1. The van der Waals surface area contributed by atoms with Gasteiger partial charge in [0.05, 0.1) is 6.54 Å². The third kappa shape index (κ3) is 2.97. The van der Waals surface area contributed by atoms with E-state index in [1.54, 1.807) is 12.7 Å². The van der Waals surface area contributed by atoms with Crippen molar-refractivity contribution in [1.29, 1.82) is 0 Å². The normalized spacial score (nSPS) is 26.5. The average molecular weight is 294 g/mol. The summed E-state index contributed by atoms with van der Waals surface area (Å²) >= 11 is 0. The smallest absolute Gasteiger partial charge is 0.137 e. The van der Waals surface area contributed by atoms with Crippen LogP contribution in [0.1, 0.15) is 30.4 Å². The molecule has 1 aromatic carbocycles. The van der Waals surface area contributed by atoms with Crippen LogP contribution < -0.4 is 5.32 Å². The summed E-state index contributed by atoms with van der Waals surface area (Å²) in [6.45, 7) is 1.75. The Labute approximate surface area is 131 Å². The van der Waals surface area contributed by atoms with E-state index in [1.165, 1.54) is 30.4 Å². The molecule has 114 valence electrons. The molecular weight excluding hydrogens is 272 g/mol. The Bertz CT molecular complexity index is 630. The van der Waals surface area contributed by atoms with Crippen LogP contribution in [-0.4, -0.2) is 20.8 Å². The number of allylic oxidation sites excluding steroid dienone is 1. The maximum atomic E-state index is 4.14. The van der Waals surface area contributed by atoms with Crippen molar-refractivity contribution in [2.24, 2.45) is 11.8 Å². The Hall–Kier alpha value is -1.94. The van der Waals surface area contributed by atoms with Gasteiger partial charge in [-0.1, -0.05) is 36.4 Å². The van der Waals surface area contributed by atoms with Crippen molar-refractivity contribution < 1.29 is 0 Å². The van der Waals surface area contributed by atoms with Gasteiger partial charge in [0.15, 0.2) is 0 Å². The summed E-state index contributed by atoms with van der Waals surface area (Å²) in [5, 5.41) is 7.90. The van der Waals surface area contributed by atoms with Crippen molar-refractivity contribution in [3.8, 4) is 0 Å². The predicted octanol–water partition coefficient (Wildman–Crippen LogP) is 2.77. The Morgan fingerprint density at radius 1 is 1.09 bits per heavy atom. The van der Waals surface area contributed by atoms with Crippen LogP contribution in [0.25, 0.3) is 0 Å². The molecule has 4 nitrogen and oxygen atoms in total. The molecule has 1 aromatic heterocycles. The first-order valence-electron chi connectivity index (χ1n) is 8.19. The van der Waals surface area contributed by atoms with E-state index < -0.39 is 0 Å².